The Labute approximate surface area is 375 Å². The zero-order valence-corrected chi connectivity index (χ0v) is 35.6. The Bertz CT molecular complexity index is 4220. The third kappa shape index (κ3) is 5.35. The SMILES string of the molecule is Cc1cc(-c2ccc3ccc4c(N(c5ccccc5)c5ccc6ccccc6c5)ccc5ccc2c3c54)ccc1-c1ccc2oc3c(ccc4c5ccccc5c5ccccc5c43)c2c1. The second-order valence-electron chi connectivity index (χ2n) is 17.6. The van der Waals surface area contributed by atoms with Crippen molar-refractivity contribution >= 4 is 114 Å². The van der Waals surface area contributed by atoms with Crippen LogP contribution in [0.25, 0.3) is 120 Å². The zero-order valence-electron chi connectivity index (χ0n) is 35.6. The Kier molecular flexibility index (Phi) is 7.64. The van der Waals surface area contributed by atoms with Crippen LogP contribution < -0.4 is 4.90 Å². The predicted molar refractivity (Wildman–Crippen MR) is 278 cm³/mol. The first-order valence-corrected chi connectivity index (χ1v) is 22.5. The molecule has 2 heteroatoms. The van der Waals surface area contributed by atoms with E-state index in [0.717, 1.165) is 39.0 Å². The fraction of sp³-hybridized carbons (Fsp3) is 0.0159. The highest BCUT2D eigenvalue weighted by Crippen LogP contribution is 2.47. The van der Waals surface area contributed by atoms with E-state index < -0.39 is 0 Å². The van der Waals surface area contributed by atoms with Gasteiger partial charge in [0, 0.05) is 32.9 Å². The molecule has 0 aliphatic rings. The molecule has 302 valence electrons. The van der Waals surface area contributed by atoms with Gasteiger partial charge in [0.1, 0.15) is 11.2 Å². The Balaban J connectivity index is 0.894. The number of anilines is 3. The van der Waals surface area contributed by atoms with Gasteiger partial charge in [0.2, 0.25) is 0 Å². The summed E-state index contributed by atoms with van der Waals surface area (Å²) in [6.45, 7) is 2.24. The van der Waals surface area contributed by atoms with Crippen LogP contribution in [0.5, 0.6) is 0 Å². The van der Waals surface area contributed by atoms with Gasteiger partial charge in [-0.1, -0.05) is 170 Å². The molecule has 0 saturated heterocycles. The molecule has 0 saturated carbocycles. The van der Waals surface area contributed by atoms with Gasteiger partial charge in [-0.25, -0.2) is 0 Å². The number of hydrogen-bond donors (Lipinski definition) is 0. The quantitative estimate of drug-likeness (QED) is 0.161. The van der Waals surface area contributed by atoms with Crippen LogP contribution in [0.4, 0.5) is 17.1 Å². The van der Waals surface area contributed by atoms with E-state index in [1.807, 2.05) is 0 Å². The lowest BCUT2D eigenvalue weighted by molar-refractivity contribution is 0.673. The van der Waals surface area contributed by atoms with Gasteiger partial charge in [-0.15, -0.1) is 0 Å². The van der Waals surface area contributed by atoms with Crippen LogP contribution in [0, 0.1) is 6.92 Å². The molecule has 0 aliphatic carbocycles. The minimum absolute atomic E-state index is 0.906. The maximum Gasteiger partial charge on any atom is 0.143 e. The molecule has 0 atom stereocenters. The maximum absolute atomic E-state index is 6.79. The van der Waals surface area contributed by atoms with E-state index in [-0.39, 0.29) is 0 Å². The molecule has 14 rings (SSSR count). The van der Waals surface area contributed by atoms with Crippen LogP contribution in [-0.2, 0) is 0 Å². The van der Waals surface area contributed by atoms with Gasteiger partial charge >= 0.3 is 0 Å². The second-order valence-corrected chi connectivity index (χ2v) is 17.6. The van der Waals surface area contributed by atoms with Gasteiger partial charge in [0.25, 0.3) is 0 Å². The van der Waals surface area contributed by atoms with Gasteiger partial charge in [0.05, 0.1) is 5.69 Å². The lowest BCUT2D eigenvalue weighted by Gasteiger charge is -2.28. The monoisotopic (exact) mass is 825 g/mol. The lowest BCUT2D eigenvalue weighted by Crippen LogP contribution is -2.10. The highest BCUT2D eigenvalue weighted by molar-refractivity contribution is 6.32. The average Bonchev–Trinajstić information content (AvgIpc) is 3.74. The number of fused-ring (bicyclic) bond motifs is 11. The highest BCUT2D eigenvalue weighted by atomic mass is 16.3. The molecule has 0 fully saturated rings. The van der Waals surface area contributed by atoms with Crippen molar-refractivity contribution in [3.05, 3.63) is 224 Å². The summed E-state index contributed by atoms with van der Waals surface area (Å²) in [5, 5.41) is 19.7. The lowest BCUT2D eigenvalue weighted by atomic mass is 9.88. The van der Waals surface area contributed by atoms with E-state index in [0.29, 0.717) is 0 Å². The van der Waals surface area contributed by atoms with Crippen molar-refractivity contribution in [2.75, 3.05) is 4.90 Å². The molecule has 0 aliphatic heterocycles. The zero-order chi connectivity index (χ0) is 42.8. The molecule has 14 aromatic rings. The van der Waals surface area contributed by atoms with Crippen LogP contribution in [0.15, 0.2) is 223 Å². The van der Waals surface area contributed by atoms with Crippen LogP contribution in [0.3, 0.4) is 0 Å². The summed E-state index contributed by atoms with van der Waals surface area (Å²) in [5.41, 5.74) is 11.4. The molecule has 0 radical (unpaired) electrons. The molecule has 2 nitrogen and oxygen atoms in total. The van der Waals surface area contributed by atoms with Crippen LogP contribution >= 0.6 is 0 Å². The molecule has 1 heterocycles. The minimum atomic E-state index is 0.906. The number of aryl methyl sites for hydroxylation is 1. The fourth-order valence-electron chi connectivity index (χ4n) is 11.1. The summed E-state index contributed by atoms with van der Waals surface area (Å²) in [4.78, 5) is 2.41. The van der Waals surface area contributed by atoms with E-state index in [4.69, 9.17) is 4.42 Å². The summed E-state index contributed by atoms with van der Waals surface area (Å²) >= 11 is 0. The summed E-state index contributed by atoms with van der Waals surface area (Å²) in [5.74, 6) is 0. The van der Waals surface area contributed by atoms with Crippen molar-refractivity contribution in [3.8, 4) is 22.3 Å². The van der Waals surface area contributed by atoms with Crippen LogP contribution in [0.2, 0.25) is 0 Å². The molecule has 0 amide bonds. The first kappa shape index (κ1) is 36.1. The third-order valence-electron chi connectivity index (χ3n) is 14.1. The molecule has 0 N–H and O–H groups in total. The number of rotatable bonds is 5. The second kappa shape index (κ2) is 13.8. The van der Waals surface area contributed by atoms with Crippen LogP contribution in [-0.4, -0.2) is 0 Å². The van der Waals surface area contributed by atoms with E-state index in [9.17, 15) is 0 Å². The Hall–Kier alpha value is -8.46. The van der Waals surface area contributed by atoms with Gasteiger partial charge in [-0.05, 0) is 148 Å². The van der Waals surface area contributed by atoms with Gasteiger partial charge in [-0.2, -0.15) is 0 Å². The number of para-hydroxylation sites is 1. The largest absolute Gasteiger partial charge is 0.455 e. The summed E-state index contributed by atoms with van der Waals surface area (Å²) in [7, 11) is 0. The Morgan fingerprint density at radius 1 is 0.323 bits per heavy atom. The number of nitrogens with zero attached hydrogens (tertiary/aromatic N) is 1. The van der Waals surface area contributed by atoms with E-state index >= 15 is 0 Å². The average molecular weight is 826 g/mol. The first-order chi connectivity index (χ1) is 32.1. The fourth-order valence-corrected chi connectivity index (χ4v) is 11.1. The van der Waals surface area contributed by atoms with E-state index in [2.05, 4.69) is 230 Å². The molecule has 13 aromatic carbocycles. The van der Waals surface area contributed by atoms with Gasteiger partial charge < -0.3 is 9.32 Å². The Morgan fingerprint density at radius 3 is 1.69 bits per heavy atom. The van der Waals surface area contributed by atoms with Gasteiger partial charge in [0.15, 0.2) is 0 Å². The maximum atomic E-state index is 6.79. The topological polar surface area (TPSA) is 16.4 Å². The number of hydrogen-bond acceptors (Lipinski definition) is 2. The predicted octanol–water partition coefficient (Wildman–Crippen LogP) is 18.2. The molecule has 0 bridgehead atoms. The molecular formula is C63H39NO. The van der Waals surface area contributed by atoms with Crippen molar-refractivity contribution < 1.29 is 4.42 Å². The first-order valence-electron chi connectivity index (χ1n) is 22.5. The molecule has 0 spiro atoms. The highest BCUT2D eigenvalue weighted by Gasteiger charge is 2.21. The Morgan fingerprint density at radius 2 is 0.892 bits per heavy atom. The smallest absolute Gasteiger partial charge is 0.143 e. The van der Waals surface area contributed by atoms with Crippen molar-refractivity contribution in [1.29, 1.82) is 0 Å². The molecule has 65 heavy (non-hydrogen) atoms. The minimum Gasteiger partial charge on any atom is -0.455 e. The summed E-state index contributed by atoms with van der Waals surface area (Å²) in [6.07, 6.45) is 0. The van der Waals surface area contributed by atoms with Crippen molar-refractivity contribution in [3.63, 3.8) is 0 Å². The number of benzene rings is 13. The van der Waals surface area contributed by atoms with Crippen LogP contribution in [0.1, 0.15) is 5.56 Å². The molecule has 0 unspecified atom stereocenters. The van der Waals surface area contributed by atoms with E-state index in [1.54, 1.807) is 0 Å². The molecular weight excluding hydrogens is 787 g/mol. The van der Waals surface area contributed by atoms with Gasteiger partial charge in [-0.3, -0.25) is 0 Å². The summed E-state index contributed by atoms with van der Waals surface area (Å²) < 4.78 is 6.79. The standard InChI is InChI=1S/C63H39NO/c1-38-35-43(23-27-47(38)44-25-34-59-57(37-44)55-32-31-54-51-17-8-7-15-49(51)50-16-9-10-18-52(50)62(54)63(55)65-59)48-28-20-40-22-30-56-58(33-24-41-21-29-53(48)60(40)61(41)56)64(45-13-3-2-4-14-45)46-26-19-39-11-5-6-12-42(39)36-46/h2-37H,1H3. The van der Waals surface area contributed by atoms with Crippen molar-refractivity contribution in [1.82, 2.24) is 0 Å². The summed E-state index contributed by atoms with van der Waals surface area (Å²) in [6, 6.07) is 80.3. The third-order valence-corrected chi connectivity index (χ3v) is 14.1. The van der Waals surface area contributed by atoms with E-state index in [1.165, 1.54) is 103 Å². The van der Waals surface area contributed by atoms with Crippen molar-refractivity contribution in [2.24, 2.45) is 0 Å². The molecule has 1 aromatic heterocycles. The number of furan rings is 1. The van der Waals surface area contributed by atoms with Crippen molar-refractivity contribution in [2.45, 2.75) is 6.92 Å². The normalized spacial score (nSPS) is 12.1.